The number of carbonyl (C=O) groups excluding carboxylic acids is 1. The Morgan fingerprint density at radius 2 is 2.00 bits per heavy atom. The maximum Gasteiger partial charge on any atom is 0.435 e. The first kappa shape index (κ1) is 14.6. The Kier molecular flexibility index (Phi) is 4.05. The van der Waals surface area contributed by atoms with Crippen molar-refractivity contribution in [2.45, 2.75) is 6.18 Å². The zero-order valence-corrected chi connectivity index (χ0v) is 10.7. The van der Waals surface area contributed by atoms with Crippen LogP contribution in [0.15, 0.2) is 6.08 Å². The third kappa shape index (κ3) is 3.04. The van der Waals surface area contributed by atoms with Gasteiger partial charge < -0.3 is 4.90 Å². The van der Waals surface area contributed by atoms with Crippen LogP contribution in [0.25, 0.3) is 6.08 Å². The van der Waals surface area contributed by atoms with E-state index in [4.69, 9.17) is 11.6 Å². The predicted molar refractivity (Wildman–Crippen MR) is 60.9 cm³/mol. The van der Waals surface area contributed by atoms with Crippen LogP contribution in [0.5, 0.6) is 0 Å². The second kappa shape index (κ2) is 5.01. The van der Waals surface area contributed by atoms with Crippen molar-refractivity contribution in [3.05, 3.63) is 22.5 Å². The maximum absolute atomic E-state index is 12.7. The summed E-state index contributed by atoms with van der Waals surface area (Å²) in [7, 11) is 4.27. The number of rotatable bonds is 2. The average Bonchev–Trinajstić information content (AvgIpc) is 2.52. The molecule has 18 heavy (non-hydrogen) atoms. The maximum atomic E-state index is 12.7. The van der Waals surface area contributed by atoms with E-state index in [1.165, 1.54) is 26.0 Å². The van der Waals surface area contributed by atoms with Gasteiger partial charge >= 0.3 is 6.18 Å². The largest absolute Gasteiger partial charge is 0.435 e. The van der Waals surface area contributed by atoms with Gasteiger partial charge in [-0.15, -0.1) is 0 Å². The number of nitrogens with zero attached hydrogens (tertiary/aromatic N) is 3. The lowest BCUT2D eigenvalue weighted by molar-refractivity contribution is -0.141. The van der Waals surface area contributed by atoms with Gasteiger partial charge in [-0.05, 0) is 6.08 Å². The lowest BCUT2D eigenvalue weighted by Crippen LogP contribution is -2.18. The van der Waals surface area contributed by atoms with Crippen LogP contribution in [0.3, 0.4) is 0 Å². The highest BCUT2D eigenvalue weighted by atomic mass is 35.5. The van der Waals surface area contributed by atoms with Gasteiger partial charge in [-0.1, -0.05) is 11.6 Å². The molecule has 8 heteroatoms. The van der Waals surface area contributed by atoms with Gasteiger partial charge in [0.05, 0.1) is 0 Å². The number of hydrogen-bond acceptors (Lipinski definition) is 2. The Morgan fingerprint density at radius 3 is 2.44 bits per heavy atom. The number of likely N-dealkylation sites (N-methyl/N-ethyl adjacent to an activating group) is 1. The van der Waals surface area contributed by atoms with Crippen molar-refractivity contribution in [1.29, 1.82) is 0 Å². The summed E-state index contributed by atoms with van der Waals surface area (Å²) in [6.45, 7) is 0. The molecule has 1 amide bonds. The SMILES string of the molecule is CN(C)C(=O)/C=C/c1c(C(F)(F)F)nn(C)c1Cl. The molecule has 0 aliphatic heterocycles. The van der Waals surface area contributed by atoms with Crippen LogP contribution >= 0.6 is 11.6 Å². The monoisotopic (exact) mass is 281 g/mol. The normalized spacial score (nSPS) is 12.2. The van der Waals surface area contributed by atoms with E-state index in [2.05, 4.69) is 5.10 Å². The Balaban J connectivity index is 3.20. The van der Waals surface area contributed by atoms with E-state index in [0.717, 1.165) is 16.8 Å². The predicted octanol–water partition coefficient (Wildman–Crippen LogP) is 2.19. The van der Waals surface area contributed by atoms with Crippen molar-refractivity contribution in [3.8, 4) is 0 Å². The molecule has 100 valence electrons. The summed E-state index contributed by atoms with van der Waals surface area (Å²) in [5.41, 5.74) is -1.43. The van der Waals surface area contributed by atoms with Gasteiger partial charge in [0.15, 0.2) is 5.69 Å². The fourth-order valence-corrected chi connectivity index (χ4v) is 1.37. The molecule has 0 fully saturated rings. The van der Waals surface area contributed by atoms with Gasteiger partial charge in [0.25, 0.3) is 0 Å². The number of hydrogen-bond donors (Lipinski definition) is 0. The Hall–Kier alpha value is -1.50. The summed E-state index contributed by atoms with van der Waals surface area (Å²) in [4.78, 5) is 12.5. The fraction of sp³-hybridized carbons (Fsp3) is 0.400. The molecule has 0 saturated carbocycles. The number of aryl methyl sites for hydroxylation is 1. The van der Waals surface area contributed by atoms with Crippen molar-refractivity contribution in [1.82, 2.24) is 14.7 Å². The van der Waals surface area contributed by atoms with Crippen molar-refractivity contribution < 1.29 is 18.0 Å². The average molecular weight is 282 g/mol. The Labute approximate surface area is 107 Å². The van der Waals surface area contributed by atoms with Crippen LogP contribution in [0.2, 0.25) is 5.15 Å². The molecule has 0 aliphatic rings. The summed E-state index contributed by atoms with van der Waals surface area (Å²) in [5, 5.41) is 3.11. The molecule has 0 aliphatic carbocycles. The number of alkyl halides is 3. The smallest absolute Gasteiger partial charge is 0.345 e. The Morgan fingerprint density at radius 1 is 1.44 bits per heavy atom. The quantitative estimate of drug-likeness (QED) is 0.780. The number of carbonyl (C=O) groups is 1. The zero-order valence-electron chi connectivity index (χ0n) is 9.92. The van der Waals surface area contributed by atoms with Gasteiger partial charge in [-0.25, -0.2) is 0 Å². The van der Waals surface area contributed by atoms with E-state index in [0.29, 0.717) is 0 Å². The third-order valence-electron chi connectivity index (χ3n) is 2.11. The molecule has 1 aromatic rings. The second-order valence-electron chi connectivity index (χ2n) is 3.74. The molecule has 1 rings (SSSR count). The van der Waals surface area contributed by atoms with E-state index in [1.807, 2.05) is 0 Å². The molecule has 0 saturated heterocycles. The lowest BCUT2D eigenvalue weighted by atomic mass is 10.2. The first-order valence-electron chi connectivity index (χ1n) is 4.83. The van der Waals surface area contributed by atoms with Crippen LogP contribution in [0.1, 0.15) is 11.3 Å². The molecule has 0 radical (unpaired) electrons. The Bertz CT molecular complexity index is 491. The molecule has 0 bridgehead atoms. The first-order chi connectivity index (χ1) is 8.14. The topological polar surface area (TPSA) is 38.1 Å². The molecule has 0 spiro atoms. The van der Waals surface area contributed by atoms with Crippen molar-refractivity contribution >= 4 is 23.6 Å². The summed E-state index contributed by atoms with van der Waals surface area (Å²) in [6.07, 6.45) is -2.59. The summed E-state index contributed by atoms with van der Waals surface area (Å²) < 4.78 is 38.9. The van der Waals surface area contributed by atoms with Gasteiger partial charge in [0.1, 0.15) is 5.15 Å². The number of halogens is 4. The summed E-state index contributed by atoms with van der Waals surface area (Å²) in [5.74, 6) is -0.442. The van der Waals surface area contributed by atoms with Crippen LogP contribution in [-0.2, 0) is 18.0 Å². The zero-order chi connectivity index (χ0) is 14.1. The fourth-order valence-electron chi connectivity index (χ4n) is 1.18. The lowest BCUT2D eigenvalue weighted by Gasteiger charge is -2.06. The first-order valence-corrected chi connectivity index (χ1v) is 5.21. The van der Waals surface area contributed by atoms with Crippen molar-refractivity contribution in [2.75, 3.05) is 14.1 Å². The molecule has 4 nitrogen and oxygen atoms in total. The molecule has 1 aromatic heterocycles. The van der Waals surface area contributed by atoms with Gasteiger partial charge in [-0.3, -0.25) is 9.48 Å². The van der Waals surface area contributed by atoms with E-state index < -0.39 is 17.8 Å². The van der Waals surface area contributed by atoms with Crippen LogP contribution in [0, 0.1) is 0 Å². The number of aromatic nitrogens is 2. The summed E-state index contributed by atoms with van der Waals surface area (Å²) in [6, 6.07) is 0. The van der Waals surface area contributed by atoms with Crippen LogP contribution in [-0.4, -0.2) is 34.7 Å². The van der Waals surface area contributed by atoms with Crippen molar-refractivity contribution in [3.63, 3.8) is 0 Å². The molecular weight excluding hydrogens is 271 g/mol. The highest BCUT2D eigenvalue weighted by Gasteiger charge is 2.37. The van der Waals surface area contributed by atoms with E-state index in [1.54, 1.807) is 0 Å². The molecule has 0 aromatic carbocycles. The molecule has 0 unspecified atom stereocenters. The highest BCUT2D eigenvalue weighted by molar-refractivity contribution is 6.31. The molecule has 0 N–H and O–H groups in total. The van der Waals surface area contributed by atoms with Crippen LogP contribution in [0.4, 0.5) is 13.2 Å². The molecule has 1 heterocycles. The minimum Gasteiger partial charge on any atom is -0.345 e. The minimum absolute atomic E-state index is 0.176. The second-order valence-corrected chi connectivity index (χ2v) is 4.10. The standard InChI is InChI=1S/C10H11ClF3N3O/c1-16(2)7(18)5-4-6-8(10(12,13)14)15-17(3)9(6)11/h4-5H,1-3H3/b5-4+. The van der Waals surface area contributed by atoms with Gasteiger partial charge in [-0.2, -0.15) is 18.3 Å². The molecule has 0 atom stereocenters. The third-order valence-corrected chi connectivity index (χ3v) is 2.56. The summed E-state index contributed by atoms with van der Waals surface area (Å²) >= 11 is 5.71. The minimum atomic E-state index is -4.62. The van der Waals surface area contributed by atoms with E-state index >= 15 is 0 Å². The van der Waals surface area contributed by atoms with Crippen LogP contribution < -0.4 is 0 Å². The molecular formula is C10H11ClF3N3O. The highest BCUT2D eigenvalue weighted by Crippen LogP contribution is 2.34. The van der Waals surface area contributed by atoms with Gasteiger partial charge in [0, 0.05) is 32.8 Å². The van der Waals surface area contributed by atoms with Crippen molar-refractivity contribution in [2.24, 2.45) is 7.05 Å². The van der Waals surface area contributed by atoms with Gasteiger partial charge in [0.2, 0.25) is 5.91 Å². The van der Waals surface area contributed by atoms with E-state index in [9.17, 15) is 18.0 Å². The van der Waals surface area contributed by atoms with E-state index in [-0.39, 0.29) is 10.7 Å². The number of amides is 1.